The predicted octanol–water partition coefficient (Wildman–Crippen LogP) is 6.23. The first-order valence-electron chi connectivity index (χ1n) is 12.4. The molecule has 0 bridgehead atoms. The van der Waals surface area contributed by atoms with E-state index in [9.17, 15) is 9.90 Å². The third-order valence-electron chi connectivity index (χ3n) is 6.85. The molecule has 0 aliphatic heterocycles. The quantitative estimate of drug-likeness (QED) is 0.393. The Hall–Kier alpha value is -2.60. The first kappa shape index (κ1) is 26.0. The summed E-state index contributed by atoms with van der Waals surface area (Å²) in [6, 6.07) is 12.5. The summed E-state index contributed by atoms with van der Waals surface area (Å²) in [6.07, 6.45) is 4.78. The number of carbonyl (C=O) groups is 1. The maximum absolute atomic E-state index is 15.4. The molecule has 2 aromatic rings. The third-order valence-corrected chi connectivity index (χ3v) is 6.85. The number of aliphatic hydroxyl groups is 1. The molecule has 1 saturated carbocycles. The molecular weight excluding hydrogens is 435 g/mol. The van der Waals surface area contributed by atoms with Crippen LogP contribution in [0.2, 0.25) is 0 Å². The summed E-state index contributed by atoms with van der Waals surface area (Å²) >= 11 is 0. The Bertz CT molecular complexity index is 909. The number of methoxy groups -OCH3 is 1. The lowest BCUT2D eigenvalue weighted by Crippen LogP contribution is -2.33. The van der Waals surface area contributed by atoms with Crippen LogP contribution in [0.1, 0.15) is 69.6 Å². The first-order valence-corrected chi connectivity index (χ1v) is 12.4. The molecule has 0 amide bonds. The summed E-state index contributed by atoms with van der Waals surface area (Å²) < 4.78 is 31.8. The molecule has 0 saturated heterocycles. The zero-order valence-electron chi connectivity index (χ0n) is 20.5. The topological polar surface area (TPSA) is 65.0 Å². The molecule has 1 fully saturated rings. The van der Waals surface area contributed by atoms with Crippen molar-refractivity contribution in [2.24, 2.45) is 17.8 Å². The largest absolute Gasteiger partial charge is 0.491 e. The molecule has 1 aliphatic rings. The van der Waals surface area contributed by atoms with E-state index in [0.717, 1.165) is 37.7 Å². The van der Waals surface area contributed by atoms with Crippen LogP contribution < -0.4 is 9.47 Å². The van der Waals surface area contributed by atoms with Crippen molar-refractivity contribution in [2.45, 2.75) is 65.1 Å². The Morgan fingerprint density at radius 3 is 2.38 bits per heavy atom. The van der Waals surface area contributed by atoms with Gasteiger partial charge in [0.25, 0.3) is 0 Å². The summed E-state index contributed by atoms with van der Waals surface area (Å²) in [7, 11) is 1.33. The van der Waals surface area contributed by atoms with Crippen LogP contribution in [0.4, 0.5) is 4.39 Å². The number of carbonyl (C=O) groups excluding carboxylic acids is 1. The van der Waals surface area contributed by atoms with E-state index in [0.29, 0.717) is 12.5 Å². The number of ether oxygens (including phenoxy) is 3. The van der Waals surface area contributed by atoms with Crippen LogP contribution in [0, 0.1) is 23.6 Å². The van der Waals surface area contributed by atoms with E-state index in [1.54, 1.807) is 13.0 Å². The van der Waals surface area contributed by atoms with E-state index in [1.165, 1.54) is 19.6 Å². The van der Waals surface area contributed by atoms with Gasteiger partial charge >= 0.3 is 5.97 Å². The van der Waals surface area contributed by atoms with Crippen molar-refractivity contribution < 1.29 is 28.5 Å². The van der Waals surface area contributed by atoms with Crippen molar-refractivity contribution in [3.05, 3.63) is 59.4 Å². The van der Waals surface area contributed by atoms with Gasteiger partial charge in [0.2, 0.25) is 5.82 Å². The Kier molecular flexibility index (Phi) is 9.75. The number of hydrogen-bond acceptors (Lipinski definition) is 5. The molecule has 0 spiro atoms. The number of aliphatic hydroxyl groups excluding tert-OH is 1. The highest BCUT2D eigenvalue weighted by Crippen LogP contribution is 2.44. The lowest BCUT2D eigenvalue weighted by Gasteiger charge is -2.35. The summed E-state index contributed by atoms with van der Waals surface area (Å²) in [5.74, 6) is -1.35. The number of rotatable bonds is 11. The van der Waals surface area contributed by atoms with Gasteiger partial charge in [0.1, 0.15) is 6.61 Å². The maximum Gasteiger partial charge on any atom is 0.311 e. The lowest BCUT2D eigenvalue weighted by molar-refractivity contribution is -0.153. The molecule has 5 nitrogen and oxygen atoms in total. The molecule has 34 heavy (non-hydrogen) atoms. The standard InChI is InChI=1S/C28H37FO5/c1-4-9-19-12-14-21(15-13-19)24(28(31)32-3)26(30)22-16-17-23(33-5-2)25(29)27(22)34-18-20-10-7-6-8-11-20/h6-8,10-11,16-17,19,21,24,26,30H,4-5,9,12-15,18H2,1-3H3/t19-,21-,24?,26?. The minimum atomic E-state index is -1.25. The molecule has 0 heterocycles. The normalized spacial score (nSPS) is 19.8. The van der Waals surface area contributed by atoms with Crippen LogP contribution in [-0.4, -0.2) is 24.8 Å². The SMILES string of the molecule is CCC[C@H]1CC[C@H](C(C(=O)OC)C(O)c2ccc(OCC)c(F)c2OCc2ccccc2)CC1. The molecule has 2 aromatic carbocycles. The van der Waals surface area contributed by atoms with Crippen LogP contribution in [-0.2, 0) is 16.1 Å². The Labute approximate surface area is 202 Å². The highest BCUT2D eigenvalue weighted by molar-refractivity contribution is 5.74. The van der Waals surface area contributed by atoms with Gasteiger partial charge in [0.15, 0.2) is 11.5 Å². The summed E-state index contributed by atoms with van der Waals surface area (Å²) in [4.78, 5) is 12.8. The van der Waals surface area contributed by atoms with Gasteiger partial charge in [-0.2, -0.15) is 4.39 Å². The van der Waals surface area contributed by atoms with E-state index in [-0.39, 0.29) is 29.6 Å². The average Bonchev–Trinajstić information content (AvgIpc) is 2.86. The van der Waals surface area contributed by atoms with Gasteiger partial charge in [-0.15, -0.1) is 0 Å². The molecule has 2 unspecified atom stereocenters. The fraction of sp³-hybridized carbons (Fsp3) is 0.536. The maximum atomic E-state index is 15.4. The minimum Gasteiger partial charge on any atom is -0.491 e. The van der Waals surface area contributed by atoms with E-state index < -0.39 is 23.8 Å². The van der Waals surface area contributed by atoms with Crippen LogP contribution in [0.25, 0.3) is 0 Å². The molecule has 0 aromatic heterocycles. The smallest absolute Gasteiger partial charge is 0.311 e. The summed E-state index contributed by atoms with van der Waals surface area (Å²) in [5, 5.41) is 11.4. The Morgan fingerprint density at radius 2 is 1.76 bits per heavy atom. The number of hydrogen-bond donors (Lipinski definition) is 1. The van der Waals surface area contributed by atoms with Crippen LogP contribution >= 0.6 is 0 Å². The Balaban J connectivity index is 1.90. The highest BCUT2D eigenvalue weighted by atomic mass is 19.1. The molecule has 186 valence electrons. The van der Waals surface area contributed by atoms with Gasteiger partial charge < -0.3 is 19.3 Å². The highest BCUT2D eigenvalue weighted by Gasteiger charge is 2.40. The van der Waals surface area contributed by atoms with Crippen molar-refractivity contribution in [3.8, 4) is 11.5 Å². The fourth-order valence-corrected chi connectivity index (χ4v) is 5.08. The average molecular weight is 473 g/mol. The number of halogens is 1. The van der Waals surface area contributed by atoms with E-state index in [1.807, 2.05) is 30.3 Å². The van der Waals surface area contributed by atoms with E-state index in [4.69, 9.17) is 14.2 Å². The van der Waals surface area contributed by atoms with Crippen LogP contribution in [0.5, 0.6) is 11.5 Å². The predicted molar refractivity (Wildman–Crippen MR) is 129 cm³/mol. The Morgan fingerprint density at radius 1 is 1.06 bits per heavy atom. The van der Waals surface area contributed by atoms with Crippen molar-refractivity contribution >= 4 is 5.97 Å². The number of benzene rings is 2. The lowest BCUT2D eigenvalue weighted by atomic mass is 9.72. The third kappa shape index (κ3) is 6.29. The van der Waals surface area contributed by atoms with Gasteiger partial charge in [-0.3, -0.25) is 4.79 Å². The summed E-state index contributed by atoms with van der Waals surface area (Å²) in [6.45, 7) is 4.38. The zero-order chi connectivity index (χ0) is 24.5. The second kappa shape index (κ2) is 12.7. The molecule has 0 radical (unpaired) electrons. The number of esters is 1. The molecule has 6 heteroatoms. The minimum absolute atomic E-state index is 0.0350. The van der Waals surface area contributed by atoms with Gasteiger partial charge in [0, 0.05) is 5.56 Å². The first-order chi connectivity index (χ1) is 16.5. The second-order valence-corrected chi connectivity index (χ2v) is 9.07. The van der Waals surface area contributed by atoms with Crippen molar-refractivity contribution in [1.29, 1.82) is 0 Å². The molecular formula is C28H37FO5. The fourth-order valence-electron chi connectivity index (χ4n) is 5.08. The van der Waals surface area contributed by atoms with Crippen molar-refractivity contribution in [1.82, 2.24) is 0 Å². The van der Waals surface area contributed by atoms with Crippen molar-refractivity contribution in [2.75, 3.05) is 13.7 Å². The molecule has 3 rings (SSSR count). The molecule has 1 N–H and O–H groups in total. The monoisotopic (exact) mass is 472 g/mol. The van der Waals surface area contributed by atoms with Crippen molar-refractivity contribution in [3.63, 3.8) is 0 Å². The van der Waals surface area contributed by atoms with E-state index >= 15 is 4.39 Å². The van der Waals surface area contributed by atoms with Gasteiger partial charge in [-0.1, -0.05) is 62.9 Å². The van der Waals surface area contributed by atoms with Gasteiger partial charge in [0.05, 0.1) is 25.7 Å². The van der Waals surface area contributed by atoms with Gasteiger partial charge in [-0.05, 0) is 49.3 Å². The summed E-state index contributed by atoms with van der Waals surface area (Å²) in [5.41, 5.74) is 1.10. The van der Waals surface area contributed by atoms with Gasteiger partial charge in [-0.25, -0.2) is 0 Å². The molecule has 1 aliphatic carbocycles. The molecule has 2 atom stereocenters. The van der Waals surface area contributed by atoms with Crippen LogP contribution in [0.3, 0.4) is 0 Å². The zero-order valence-corrected chi connectivity index (χ0v) is 20.5. The second-order valence-electron chi connectivity index (χ2n) is 9.07. The van der Waals surface area contributed by atoms with E-state index in [2.05, 4.69) is 6.92 Å². The van der Waals surface area contributed by atoms with Crippen LogP contribution in [0.15, 0.2) is 42.5 Å².